The summed E-state index contributed by atoms with van der Waals surface area (Å²) in [5, 5.41) is 0. The fraction of sp³-hybridized carbons (Fsp3) is 0.353. The molecule has 2 N–H and O–H groups in total. The van der Waals surface area contributed by atoms with E-state index in [1.54, 1.807) is 6.07 Å². The van der Waals surface area contributed by atoms with Crippen LogP contribution in [0, 0.1) is 11.6 Å². The molecule has 1 aliphatic carbocycles. The fourth-order valence-corrected chi connectivity index (χ4v) is 4.83. The highest BCUT2D eigenvalue weighted by Crippen LogP contribution is 2.28. The number of thiophene rings is 1. The van der Waals surface area contributed by atoms with Gasteiger partial charge in [0.2, 0.25) is 0 Å². The van der Waals surface area contributed by atoms with Crippen molar-refractivity contribution in [1.29, 1.82) is 0 Å². The van der Waals surface area contributed by atoms with Crippen molar-refractivity contribution in [1.82, 2.24) is 10.3 Å². The molecule has 1 aromatic carbocycles. The van der Waals surface area contributed by atoms with Gasteiger partial charge in [-0.1, -0.05) is 12.8 Å². The van der Waals surface area contributed by atoms with Crippen LogP contribution < -0.4 is 10.3 Å². The summed E-state index contributed by atoms with van der Waals surface area (Å²) in [6.45, 7) is 0. The van der Waals surface area contributed by atoms with Crippen LogP contribution in [0.3, 0.4) is 0 Å². The van der Waals surface area contributed by atoms with E-state index in [-0.39, 0.29) is 0 Å². The topological polar surface area (TPSA) is 75.3 Å². The van der Waals surface area contributed by atoms with E-state index in [2.05, 4.69) is 5.43 Å². The summed E-state index contributed by atoms with van der Waals surface area (Å²) < 4.78 is 50.4. The van der Waals surface area contributed by atoms with Crippen molar-refractivity contribution in [2.24, 2.45) is 0 Å². The molecule has 0 saturated carbocycles. The Morgan fingerprint density at radius 1 is 1.00 bits per heavy atom. The summed E-state index contributed by atoms with van der Waals surface area (Å²) in [6, 6.07) is 3.99. The van der Waals surface area contributed by atoms with Gasteiger partial charge in [-0.3, -0.25) is 10.2 Å². The van der Waals surface area contributed by atoms with Gasteiger partial charge in [0.15, 0.2) is 11.6 Å². The molecule has 26 heavy (non-hydrogen) atoms. The molecular formula is C17H18F2N2O3S2. The van der Waals surface area contributed by atoms with Crippen LogP contribution in [0.25, 0.3) is 0 Å². The Hall–Kier alpha value is -1.84. The highest BCUT2D eigenvalue weighted by Gasteiger charge is 2.20. The van der Waals surface area contributed by atoms with Crippen molar-refractivity contribution in [2.75, 3.05) is 0 Å². The van der Waals surface area contributed by atoms with Gasteiger partial charge in [0, 0.05) is 4.88 Å². The van der Waals surface area contributed by atoms with Gasteiger partial charge in [0.05, 0.1) is 9.77 Å². The molecule has 0 spiro atoms. The molecule has 9 heteroatoms. The second kappa shape index (κ2) is 7.81. The number of amides is 1. The lowest BCUT2D eigenvalue weighted by atomic mass is 10.00. The number of nitrogens with one attached hydrogen (secondary N) is 2. The highest BCUT2D eigenvalue weighted by atomic mass is 32.2. The van der Waals surface area contributed by atoms with E-state index in [0.29, 0.717) is 17.0 Å². The number of halogens is 2. The van der Waals surface area contributed by atoms with Crippen LogP contribution in [0.4, 0.5) is 8.78 Å². The Kier molecular flexibility index (Phi) is 5.69. The molecule has 5 nitrogen and oxygen atoms in total. The lowest BCUT2D eigenvalue weighted by Gasteiger charge is -2.08. The highest BCUT2D eigenvalue weighted by molar-refractivity contribution is 7.89. The summed E-state index contributed by atoms with van der Waals surface area (Å²) in [4.78, 5) is 15.3. The number of aryl methyl sites for hydroxylation is 2. The molecule has 140 valence electrons. The first-order valence-electron chi connectivity index (χ1n) is 8.25. The second-order valence-electron chi connectivity index (χ2n) is 6.11. The monoisotopic (exact) mass is 400 g/mol. The molecular weight excluding hydrogens is 382 g/mol. The van der Waals surface area contributed by atoms with Crippen molar-refractivity contribution in [2.45, 2.75) is 43.4 Å². The van der Waals surface area contributed by atoms with Gasteiger partial charge in [-0.25, -0.2) is 17.2 Å². The van der Waals surface area contributed by atoms with Gasteiger partial charge in [-0.15, -0.1) is 16.2 Å². The zero-order valence-electron chi connectivity index (χ0n) is 13.8. The summed E-state index contributed by atoms with van der Waals surface area (Å²) in [5.41, 5.74) is 3.27. The van der Waals surface area contributed by atoms with Gasteiger partial charge in [0.25, 0.3) is 15.9 Å². The van der Waals surface area contributed by atoms with Crippen LogP contribution in [0.15, 0.2) is 29.2 Å². The molecule has 0 bridgehead atoms. The molecule has 1 aliphatic rings. The number of hydrazine groups is 1. The second-order valence-corrected chi connectivity index (χ2v) is 8.93. The van der Waals surface area contributed by atoms with E-state index in [0.717, 1.165) is 37.3 Å². The molecule has 0 unspecified atom stereocenters. The van der Waals surface area contributed by atoms with Gasteiger partial charge in [0.1, 0.15) is 0 Å². The number of fused-ring (bicyclic) bond motifs is 1. The molecule has 3 rings (SSSR count). The van der Waals surface area contributed by atoms with Crippen LogP contribution in [-0.2, 0) is 22.9 Å². The van der Waals surface area contributed by atoms with Crippen LogP contribution >= 0.6 is 11.3 Å². The Morgan fingerprint density at radius 2 is 1.73 bits per heavy atom. The van der Waals surface area contributed by atoms with Crippen molar-refractivity contribution < 1.29 is 22.0 Å². The number of hydrogen-bond donors (Lipinski definition) is 2. The Morgan fingerprint density at radius 3 is 2.46 bits per heavy atom. The summed E-state index contributed by atoms with van der Waals surface area (Å²) >= 11 is 1.36. The summed E-state index contributed by atoms with van der Waals surface area (Å²) in [5.74, 6) is -3.01. The zero-order valence-corrected chi connectivity index (χ0v) is 15.5. The molecule has 0 saturated heterocycles. The number of carbonyl (C=O) groups is 1. The number of benzene rings is 1. The first kappa shape index (κ1) is 18.9. The van der Waals surface area contributed by atoms with E-state index < -0.39 is 32.5 Å². The number of hydrogen-bond acceptors (Lipinski definition) is 4. The van der Waals surface area contributed by atoms with Crippen LogP contribution in [0.2, 0.25) is 0 Å². The smallest absolute Gasteiger partial charge is 0.273 e. The normalized spacial score (nSPS) is 15.0. The predicted molar refractivity (Wildman–Crippen MR) is 94.3 cm³/mol. The zero-order chi connectivity index (χ0) is 18.7. The fourth-order valence-electron chi connectivity index (χ4n) is 2.83. The molecule has 1 amide bonds. The van der Waals surface area contributed by atoms with Gasteiger partial charge in [-0.05, 0) is 55.5 Å². The Labute approximate surface area is 154 Å². The van der Waals surface area contributed by atoms with E-state index >= 15 is 0 Å². The first-order chi connectivity index (χ1) is 12.4. The molecule has 1 aromatic heterocycles. The minimum absolute atomic E-state index is 0.421. The standard InChI is InChI=1S/C17H18F2N2O3S2/c18-13-8-7-12(10-14(13)19)26(23,24)21-20-17(22)16-9-11-5-3-1-2-4-6-15(11)25-16/h7-10,21H,1-6H2,(H,20,22). The third kappa shape index (κ3) is 4.28. The van der Waals surface area contributed by atoms with E-state index in [4.69, 9.17) is 0 Å². The lowest BCUT2D eigenvalue weighted by Crippen LogP contribution is -2.41. The maximum absolute atomic E-state index is 13.2. The Balaban J connectivity index is 1.70. The molecule has 0 aliphatic heterocycles. The maximum Gasteiger partial charge on any atom is 0.276 e. The lowest BCUT2D eigenvalue weighted by molar-refractivity contribution is 0.0949. The van der Waals surface area contributed by atoms with Crippen LogP contribution in [-0.4, -0.2) is 14.3 Å². The van der Waals surface area contributed by atoms with E-state index in [1.807, 2.05) is 4.83 Å². The molecule has 0 fully saturated rings. The molecule has 0 radical (unpaired) electrons. The maximum atomic E-state index is 13.2. The largest absolute Gasteiger partial charge is 0.276 e. The number of sulfonamides is 1. The van der Waals surface area contributed by atoms with Gasteiger partial charge in [-0.2, -0.15) is 0 Å². The summed E-state index contributed by atoms with van der Waals surface area (Å²) in [6.07, 6.45) is 6.34. The van der Waals surface area contributed by atoms with Crippen LogP contribution in [0.1, 0.15) is 45.8 Å². The minimum Gasteiger partial charge on any atom is -0.273 e. The average molecular weight is 400 g/mol. The number of carbonyl (C=O) groups excluding carboxylic acids is 1. The van der Waals surface area contributed by atoms with E-state index in [1.165, 1.54) is 29.1 Å². The van der Waals surface area contributed by atoms with Crippen molar-refractivity contribution in [3.8, 4) is 0 Å². The minimum atomic E-state index is -4.20. The number of rotatable bonds is 4. The SMILES string of the molecule is O=C(NNS(=O)(=O)c1ccc(F)c(F)c1)c1cc2c(s1)CCCCCC2. The quantitative estimate of drug-likeness (QED) is 0.774. The van der Waals surface area contributed by atoms with Crippen molar-refractivity contribution in [3.63, 3.8) is 0 Å². The molecule has 0 atom stereocenters. The third-order valence-electron chi connectivity index (χ3n) is 4.22. The Bertz CT molecular complexity index is 901. The average Bonchev–Trinajstić information content (AvgIpc) is 2.97. The third-order valence-corrected chi connectivity index (χ3v) is 6.70. The van der Waals surface area contributed by atoms with Gasteiger partial charge >= 0.3 is 0 Å². The first-order valence-corrected chi connectivity index (χ1v) is 10.6. The van der Waals surface area contributed by atoms with Crippen molar-refractivity contribution >= 4 is 27.3 Å². The summed E-state index contributed by atoms with van der Waals surface area (Å²) in [7, 11) is -4.20. The molecule has 2 aromatic rings. The van der Waals surface area contributed by atoms with E-state index in [9.17, 15) is 22.0 Å². The van der Waals surface area contributed by atoms with Gasteiger partial charge < -0.3 is 0 Å². The van der Waals surface area contributed by atoms with Crippen molar-refractivity contribution in [3.05, 3.63) is 51.2 Å². The van der Waals surface area contributed by atoms with Crippen LogP contribution in [0.5, 0.6) is 0 Å². The molecule has 1 heterocycles. The predicted octanol–water partition coefficient (Wildman–Crippen LogP) is 3.31.